The van der Waals surface area contributed by atoms with Crippen molar-refractivity contribution in [2.45, 2.75) is 226 Å². The molecule has 6 saturated heterocycles. The third kappa shape index (κ3) is 9.59. The van der Waals surface area contributed by atoms with Crippen LogP contribution in [0.25, 0.3) is 0 Å². The molecular formula is C50H83NO22. The molecule has 0 radical (unpaired) electrons. The standard InChI is InChI=1S/C50H83NO22/c1-19-13-50(64)43(51-14-19)20(2)31-27(73-50)12-25-23-6-5-21-11-22(7-9-48(21,3)24(23)8-10-49(25,31)4)66-45-39(63)36(60)40(30(17-54)69-45)70-47-42(72-46-38(62)35(59)33(57)28(15-52)67-46)41(34(58)29(16-53)68-47)71-44-37(61)32(56)26(55)18-65-44/h19-47,51-64H,5-18H2,1-4H3/t19-,20-,21-,22-,23+,24-,25-,26+,27-,28+,29+,30+,31-,32-,33+,34+,35-,36+,37+,38+,39+,40-,41-,42+,43-,44-,45+,46-,47-,48-,49-,50+/m0/s1. The minimum atomic E-state index is -2.00. The van der Waals surface area contributed by atoms with Gasteiger partial charge in [0.2, 0.25) is 0 Å². The highest BCUT2D eigenvalue weighted by atomic mass is 16.8. The number of hydrogen-bond donors (Lipinski definition) is 14. The Hall–Kier alpha value is -0.920. The minimum Gasteiger partial charge on any atom is -0.394 e. The van der Waals surface area contributed by atoms with Crippen LogP contribution in [0.4, 0.5) is 0 Å². The van der Waals surface area contributed by atoms with Crippen LogP contribution < -0.4 is 5.32 Å². The van der Waals surface area contributed by atoms with E-state index in [4.69, 9.17) is 42.6 Å². The quantitative estimate of drug-likeness (QED) is 0.0885. The Bertz CT molecular complexity index is 1880. The lowest BCUT2D eigenvalue weighted by atomic mass is 9.44. The van der Waals surface area contributed by atoms with E-state index in [-0.39, 0.29) is 35.0 Å². The van der Waals surface area contributed by atoms with Crippen LogP contribution >= 0.6 is 0 Å². The van der Waals surface area contributed by atoms with Crippen molar-refractivity contribution in [2.75, 3.05) is 33.0 Å². The normalized spacial score (nSPS) is 58.2. The fourth-order valence-corrected chi connectivity index (χ4v) is 16.3. The summed E-state index contributed by atoms with van der Waals surface area (Å²) in [4.78, 5) is 0. The lowest BCUT2D eigenvalue weighted by Crippen LogP contribution is -2.68. The summed E-state index contributed by atoms with van der Waals surface area (Å²) in [5.41, 5.74) is 0.159. The number of hydrogen-bond acceptors (Lipinski definition) is 23. The predicted octanol–water partition coefficient (Wildman–Crippen LogP) is -3.73. The van der Waals surface area contributed by atoms with Crippen LogP contribution in [0.2, 0.25) is 0 Å². The van der Waals surface area contributed by atoms with Gasteiger partial charge in [0.1, 0.15) is 91.6 Å². The number of piperidine rings is 1. The highest BCUT2D eigenvalue weighted by Gasteiger charge is 2.68. The lowest BCUT2D eigenvalue weighted by molar-refractivity contribution is -0.404. The molecule has 10 rings (SSSR count). The lowest BCUT2D eigenvalue weighted by Gasteiger charge is -2.62. The molecule has 4 aliphatic carbocycles. The maximum Gasteiger partial charge on any atom is 0.187 e. The molecule has 23 heteroatoms. The van der Waals surface area contributed by atoms with Crippen LogP contribution in [-0.2, 0) is 42.6 Å². The third-order valence-electron chi connectivity index (χ3n) is 20.1. The van der Waals surface area contributed by atoms with Crippen molar-refractivity contribution in [1.82, 2.24) is 5.32 Å². The molecule has 14 N–H and O–H groups in total. The van der Waals surface area contributed by atoms with Gasteiger partial charge in [-0.3, -0.25) is 0 Å². The first-order valence-corrected chi connectivity index (χ1v) is 26.9. The smallest absolute Gasteiger partial charge is 0.187 e. The van der Waals surface area contributed by atoms with Gasteiger partial charge in [0, 0.05) is 6.42 Å². The van der Waals surface area contributed by atoms with Crippen LogP contribution in [0.15, 0.2) is 0 Å². The number of ether oxygens (including phenoxy) is 9. The molecule has 73 heavy (non-hydrogen) atoms. The van der Waals surface area contributed by atoms with Gasteiger partial charge in [-0.05, 0) is 110 Å². The first-order chi connectivity index (χ1) is 34.7. The van der Waals surface area contributed by atoms with Gasteiger partial charge in [-0.2, -0.15) is 0 Å². The maximum atomic E-state index is 11.9. The van der Waals surface area contributed by atoms with E-state index in [1.54, 1.807) is 0 Å². The van der Waals surface area contributed by atoms with E-state index in [1.165, 1.54) is 0 Å². The summed E-state index contributed by atoms with van der Waals surface area (Å²) >= 11 is 0. The highest BCUT2D eigenvalue weighted by molar-refractivity contribution is 5.16. The van der Waals surface area contributed by atoms with Crippen molar-refractivity contribution >= 4 is 0 Å². The Kier molecular flexibility index (Phi) is 16.1. The van der Waals surface area contributed by atoms with Crippen molar-refractivity contribution < 1.29 is 109 Å². The molecule has 0 spiro atoms. The predicted molar refractivity (Wildman–Crippen MR) is 246 cm³/mol. The van der Waals surface area contributed by atoms with E-state index in [0.29, 0.717) is 54.8 Å². The molecule has 6 aliphatic heterocycles. The summed E-state index contributed by atoms with van der Waals surface area (Å²) in [6, 6.07) is -0.0811. The molecule has 10 aliphatic rings. The number of rotatable bonds is 11. The number of aliphatic hydroxyl groups excluding tert-OH is 12. The van der Waals surface area contributed by atoms with E-state index < -0.39 is 149 Å². The zero-order valence-electron chi connectivity index (χ0n) is 42.1. The van der Waals surface area contributed by atoms with E-state index in [1.807, 2.05) is 0 Å². The summed E-state index contributed by atoms with van der Waals surface area (Å²) in [5, 5.41) is 145. The first kappa shape index (κ1) is 55.4. The van der Waals surface area contributed by atoms with Crippen molar-refractivity contribution in [2.24, 2.45) is 52.3 Å². The molecule has 32 atom stereocenters. The largest absolute Gasteiger partial charge is 0.394 e. The van der Waals surface area contributed by atoms with Gasteiger partial charge in [0.15, 0.2) is 30.9 Å². The summed E-state index contributed by atoms with van der Waals surface area (Å²) in [7, 11) is 0. The molecular weight excluding hydrogens is 967 g/mol. The molecule has 10 fully saturated rings. The van der Waals surface area contributed by atoms with Gasteiger partial charge in [0.05, 0.1) is 44.7 Å². The van der Waals surface area contributed by atoms with Crippen LogP contribution in [0.3, 0.4) is 0 Å². The highest BCUT2D eigenvalue weighted by Crippen LogP contribution is 2.70. The van der Waals surface area contributed by atoms with Gasteiger partial charge >= 0.3 is 0 Å². The average molecular weight is 1050 g/mol. The average Bonchev–Trinajstić information content (AvgIpc) is 3.66. The summed E-state index contributed by atoms with van der Waals surface area (Å²) in [6.45, 7) is 7.28. The fraction of sp³-hybridized carbons (Fsp3) is 1.00. The molecule has 0 amide bonds. The van der Waals surface area contributed by atoms with Crippen LogP contribution in [-0.4, -0.2) is 240 Å². The monoisotopic (exact) mass is 1050 g/mol. The van der Waals surface area contributed by atoms with Crippen molar-refractivity contribution in [3.63, 3.8) is 0 Å². The second-order valence-corrected chi connectivity index (χ2v) is 24.2. The van der Waals surface area contributed by atoms with Crippen molar-refractivity contribution in [3.8, 4) is 0 Å². The second-order valence-electron chi connectivity index (χ2n) is 24.2. The van der Waals surface area contributed by atoms with E-state index in [9.17, 15) is 66.4 Å². The zero-order chi connectivity index (χ0) is 52.2. The van der Waals surface area contributed by atoms with E-state index in [2.05, 4.69) is 33.0 Å². The summed E-state index contributed by atoms with van der Waals surface area (Å²) < 4.78 is 54.7. The third-order valence-corrected chi connectivity index (χ3v) is 20.1. The minimum absolute atomic E-state index is 0.0262. The van der Waals surface area contributed by atoms with Gasteiger partial charge in [-0.15, -0.1) is 0 Å². The fourth-order valence-electron chi connectivity index (χ4n) is 16.3. The maximum absolute atomic E-state index is 11.9. The van der Waals surface area contributed by atoms with Crippen LogP contribution in [0, 0.1) is 52.3 Å². The van der Waals surface area contributed by atoms with Crippen molar-refractivity contribution in [3.05, 3.63) is 0 Å². The molecule has 6 heterocycles. The molecule has 0 bridgehead atoms. The molecule has 420 valence electrons. The number of nitrogens with one attached hydrogen (secondary N) is 1. The topological polar surface area (TPSA) is 358 Å². The molecule has 23 nitrogen and oxygen atoms in total. The Balaban J connectivity index is 0.819. The first-order valence-electron chi connectivity index (χ1n) is 26.9. The van der Waals surface area contributed by atoms with E-state index in [0.717, 1.165) is 45.1 Å². The second kappa shape index (κ2) is 21.3. The van der Waals surface area contributed by atoms with Crippen LogP contribution in [0.5, 0.6) is 0 Å². The molecule has 4 saturated carbocycles. The Morgan fingerprint density at radius 3 is 1.92 bits per heavy atom. The molecule has 0 aromatic rings. The SMILES string of the molecule is C[C@@H]1CN[C@H]2[C@@H](C)[C@H]3[C@H](C[C@H]4[C@@H]5CC[C@H]6C[C@@H](O[C@@H]7O[C@H](CO)[C@H](O[C@@H]8O[C@H](CO)[C@@H](O)[C@H](O[C@@H]9OC[C@@H](O)[C@H](O)[C@H]9O)[C@H]8O[C@@H]8O[C@H](CO)[C@@H](O)[C@H](O)[C@H]8O)[C@H](O)[C@H]7O)CC[C@]6(C)[C@H]5CC[C@]34C)O[C@]2(O)C1. The Labute approximate surface area is 424 Å². The molecule has 0 unspecified atom stereocenters. The van der Waals surface area contributed by atoms with Gasteiger partial charge in [-0.1, -0.05) is 27.7 Å². The molecule has 0 aromatic heterocycles. The van der Waals surface area contributed by atoms with Crippen molar-refractivity contribution in [1.29, 1.82) is 0 Å². The Morgan fingerprint density at radius 1 is 0.575 bits per heavy atom. The molecule has 0 aromatic carbocycles. The zero-order valence-corrected chi connectivity index (χ0v) is 42.1. The summed E-state index contributed by atoms with van der Waals surface area (Å²) in [5.74, 6) is 1.69. The summed E-state index contributed by atoms with van der Waals surface area (Å²) in [6.07, 6.45) is -25.1. The van der Waals surface area contributed by atoms with Gasteiger partial charge in [-0.25, -0.2) is 0 Å². The van der Waals surface area contributed by atoms with Crippen LogP contribution in [0.1, 0.15) is 85.5 Å². The number of fused-ring (bicyclic) bond motifs is 8. The van der Waals surface area contributed by atoms with Gasteiger partial charge in [0.25, 0.3) is 0 Å². The number of aliphatic hydroxyl groups is 13. The Morgan fingerprint density at radius 2 is 1.19 bits per heavy atom. The van der Waals surface area contributed by atoms with E-state index >= 15 is 0 Å². The van der Waals surface area contributed by atoms with Gasteiger partial charge < -0.3 is 114 Å².